The van der Waals surface area contributed by atoms with Crippen molar-refractivity contribution in [1.82, 2.24) is 9.88 Å². The van der Waals surface area contributed by atoms with Crippen LogP contribution in [0, 0.1) is 5.82 Å². The molecule has 3 rings (SSSR count). The first-order valence-electron chi connectivity index (χ1n) is 7.12. The summed E-state index contributed by atoms with van der Waals surface area (Å²) in [5.74, 6) is -1.30. The molecule has 0 aliphatic rings. The number of hydrogen-bond donors (Lipinski definition) is 1. The Bertz CT molecular complexity index is 875. The molecule has 23 heavy (non-hydrogen) atoms. The predicted octanol–water partition coefficient (Wildman–Crippen LogP) is 3.35. The van der Waals surface area contributed by atoms with E-state index in [0.29, 0.717) is 6.54 Å². The van der Waals surface area contributed by atoms with Gasteiger partial charge in [-0.2, -0.15) is 0 Å². The van der Waals surface area contributed by atoms with Crippen LogP contribution in [0.25, 0.3) is 10.8 Å². The molecule has 0 fully saturated rings. The smallest absolute Gasteiger partial charge is 0.257 e. The van der Waals surface area contributed by atoms with Crippen LogP contribution >= 0.6 is 0 Å². The van der Waals surface area contributed by atoms with E-state index in [1.807, 2.05) is 24.3 Å². The Morgan fingerprint density at radius 3 is 2.87 bits per heavy atom. The zero-order valence-electron chi connectivity index (χ0n) is 12.5. The molecule has 0 saturated carbocycles. The number of rotatable bonds is 3. The van der Waals surface area contributed by atoms with Crippen molar-refractivity contribution in [2.24, 2.45) is 0 Å². The number of aromatic hydroxyl groups is 1. The first kappa shape index (κ1) is 15.0. The monoisotopic (exact) mass is 310 g/mol. The fraction of sp³-hybridized carbons (Fsp3) is 0.111. The highest BCUT2D eigenvalue weighted by Crippen LogP contribution is 2.22. The zero-order chi connectivity index (χ0) is 16.4. The van der Waals surface area contributed by atoms with Crippen molar-refractivity contribution < 1.29 is 14.3 Å². The number of benzene rings is 2. The number of phenols is 1. The fourth-order valence-electron chi connectivity index (χ4n) is 2.55. The van der Waals surface area contributed by atoms with Crippen molar-refractivity contribution in [3.8, 4) is 5.75 Å². The molecule has 4 nitrogen and oxygen atoms in total. The number of hydrogen-bond acceptors (Lipinski definition) is 3. The molecular formula is C18H15FN2O2. The lowest BCUT2D eigenvalue weighted by atomic mass is 10.1. The molecule has 0 spiro atoms. The van der Waals surface area contributed by atoms with E-state index in [0.717, 1.165) is 28.5 Å². The van der Waals surface area contributed by atoms with Gasteiger partial charge in [-0.3, -0.25) is 9.78 Å². The number of amides is 1. The van der Waals surface area contributed by atoms with Gasteiger partial charge in [0.05, 0.1) is 5.56 Å². The van der Waals surface area contributed by atoms with Gasteiger partial charge in [0, 0.05) is 37.4 Å². The highest BCUT2D eigenvalue weighted by atomic mass is 19.1. The quantitative estimate of drug-likeness (QED) is 0.807. The molecule has 5 heteroatoms. The van der Waals surface area contributed by atoms with E-state index in [9.17, 15) is 14.3 Å². The minimum absolute atomic E-state index is 0.0794. The first-order valence-corrected chi connectivity index (χ1v) is 7.12. The predicted molar refractivity (Wildman–Crippen MR) is 85.6 cm³/mol. The summed E-state index contributed by atoms with van der Waals surface area (Å²) in [5.41, 5.74) is 1.05. The van der Waals surface area contributed by atoms with Crippen LogP contribution in [-0.4, -0.2) is 27.9 Å². The Labute approximate surface area is 132 Å². The largest absolute Gasteiger partial charge is 0.507 e. The van der Waals surface area contributed by atoms with E-state index in [-0.39, 0.29) is 17.2 Å². The van der Waals surface area contributed by atoms with E-state index < -0.39 is 5.82 Å². The van der Waals surface area contributed by atoms with E-state index in [4.69, 9.17) is 0 Å². The van der Waals surface area contributed by atoms with Crippen molar-refractivity contribution >= 4 is 16.7 Å². The maximum atomic E-state index is 13.0. The number of carbonyl (C=O) groups is 1. The van der Waals surface area contributed by atoms with Crippen LogP contribution in [-0.2, 0) is 6.54 Å². The second-order valence-corrected chi connectivity index (χ2v) is 5.34. The van der Waals surface area contributed by atoms with E-state index in [2.05, 4.69) is 4.98 Å². The van der Waals surface area contributed by atoms with Gasteiger partial charge in [-0.1, -0.05) is 18.2 Å². The Balaban J connectivity index is 1.88. The minimum Gasteiger partial charge on any atom is -0.507 e. The summed E-state index contributed by atoms with van der Waals surface area (Å²) < 4.78 is 13.0. The number of halogens is 1. The number of phenolic OH excluding ortho intramolecular Hbond substituents is 1. The molecule has 0 unspecified atom stereocenters. The van der Waals surface area contributed by atoms with Gasteiger partial charge in [-0.25, -0.2) is 4.39 Å². The molecule has 1 N–H and O–H groups in total. The second kappa shape index (κ2) is 6.04. The van der Waals surface area contributed by atoms with Gasteiger partial charge >= 0.3 is 0 Å². The summed E-state index contributed by atoms with van der Waals surface area (Å²) in [6, 6.07) is 11.1. The van der Waals surface area contributed by atoms with Gasteiger partial charge < -0.3 is 10.0 Å². The fourth-order valence-corrected chi connectivity index (χ4v) is 2.55. The lowest BCUT2D eigenvalue weighted by molar-refractivity contribution is 0.0782. The van der Waals surface area contributed by atoms with Crippen LogP contribution in [0.15, 0.2) is 54.9 Å². The van der Waals surface area contributed by atoms with Crippen LogP contribution in [0.1, 0.15) is 15.9 Å². The first-order chi connectivity index (χ1) is 11.1. The number of pyridine rings is 1. The maximum Gasteiger partial charge on any atom is 0.257 e. The molecule has 0 saturated heterocycles. The van der Waals surface area contributed by atoms with Crippen LogP contribution in [0.5, 0.6) is 5.75 Å². The molecule has 1 aromatic heterocycles. The summed E-state index contributed by atoms with van der Waals surface area (Å²) in [6.45, 7) is 0.372. The van der Waals surface area contributed by atoms with Crippen molar-refractivity contribution in [3.05, 3.63) is 71.8 Å². The third-order valence-electron chi connectivity index (χ3n) is 3.72. The van der Waals surface area contributed by atoms with Crippen molar-refractivity contribution in [1.29, 1.82) is 0 Å². The van der Waals surface area contributed by atoms with Crippen LogP contribution < -0.4 is 0 Å². The molecule has 0 atom stereocenters. The van der Waals surface area contributed by atoms with Crippen LogP contribution in [0.3, 0.4) is 0 Å². The van der Waals surface area contributed by atoms with Gasteiger partial charge in [-0.15, -0.1) is 0 Å². The molecule has 3 aromatic rings. The zero-order valence-corrected chi connectivity index (χ0v) is 12.5. The number of nitrogens with zero attached hydrogens (tertiary/aromatic N) is 2. The molecule has 116 valence electrons. The Morgan fingerprint density at radius 1 is 1.26 bits per heavy atom. The number of carbonyl (C=O) groups excluding carboxylic acids is 1. The minimum atomic E-state index is -0.580. The van der Waals surface area contributed by atoms with Crippen molar-refractivity contribution in [3.63, 3.8) is 0 Å². The summed E-state index contributed by atoms with van der Waals surface area (Å²) in [6.07, 6.45) is 3.48. The molecule has 1 amide bonds. The highest BCUT2D eigenvalue weighted by Gasteiger charge is 2.17. The SMILES string of the molecule is CN(Cc1cccc2cnccc12)C(=O)c1ccc(F)cc1O. The number of aromatic nitrogens is 1. The van der Waals surface area contributed by atoms with Gasteiger partial charge in [-0.05, 0) is 29.1 Å². The third-order valence-corrected chi connectivity index (χ3v) is 3.72. The molecule has 0 bridgehead atoms. The van der Waals surface area contributed by atoms with Crippen molar-refractivity contribution in [2.45, 2.75) is 6.54 Å². The average Bonchev–Trinajstić information content (AvgIpc) is 2.54. The van der Waals surface area contributed by atoms with Gasteiger partial charge in [0.1, 0.15) is 11.6 Å². The summed E-state index contributed by atoms with van der Waals surface area (Å²) in [7, 11) is 1.64. The molecule has 0 aliphatic heterocycles. The maximum absolute atomic E-state index is 13.0. The Hall–Kier alpha value is -2.95. The van der Waals surface area contributed by atoms with Gasteiger partial charge in [0.2, 0.25) is 0 Å². The normalized spacial score (nSPS) is 10.7. The molecule has 2 aromatic carbocycles. The highest BCUT2D eigenvalue weighted by molar-refractivity contribution is 5.97. The third kappa shape index (κ3) is 2.99. The molecule has 0 aliphatic carbocycles. The van der Waals surface area contributed by atoms with Gasteiger partial charge in [0.15, 0.2) is 0 Å². The van der Waals surface area contributed by atoms with E-state index in [1.54, 1.807) is 19.4 Å². The summed E-state index contributed by atoms with van der Waals surface area (Å²) in [5, 5.41) is 11.8. The lowest BCUT2D eigenvalue weighted by Crippen LogP contribution is -2.26. The lowest BCUT2D eigenvalue weighted by Gasteiger charge is -2.19. The van der Waals surface area contributed by atoms with Crippen LogP contribution in [0.2, 0.25) is 0 Å². The molecule has 1 heterocycles. The van der Waals surface area contributed by atoms with Crippen molar-refractivity contribution in [2.75, 3.05) is 7.05 Å². The van der Waals surface area contributed by atoms with Gasteiger partial charge in [0.25, 0.3) is 5.91 Å². The Kier molecular flexibility index (Phi) is 3.93. The number of fused-ring (bicyclic) bond motifs is 1. The Morgan fingerprint density at radius 2 is 2.09 bits per heavy atom. The topological polar surface area (TPSA) is 53.4 Å². The summed E-state index contributed by atoms with van der Waals surface area (Å²) >= 11 is 0. The second-order valence-electron chi connectivity index (χ2n) is 5.34. The molecular weight excluding hydrogens is 295 g/mol. The summed E-state index contributed by atoms with van der Waals surface area (Å²) in [4.78, 5) is 18.0. The standard InChI is InChI=1S/C18H15FN2O2/c1-21(18(23)16-6-5-14(19)9-17(16)22)11-13-4-2-3-12-10-20-8-7-15(12)13/h2-10,22H,11H2,1H3. The van der Waals surface area contributed by atoms with Crippen LogP contribution in [0.4, 0.5) is 4.39 Å². The average molecular weight is 310 g/mol. The molecule has 0 radical (unpaired) electrons. The van der Waals surface area contributed by atoms with E-state index in [1.165, 1.54) is 11.0 Å². The van der Waals surface area contributed by atoms with E-state index >= 15 is 0 Å².